The highest BCUT2D eigenvalue weighted by Gasteiger charge is 2.28. The third-order valence-electron chi connectivity index (χ3n) is 3.35. The van der Waals surface area contributed by atoms with E-state index in [1.165, 1.54) is 4.31 Å². The molecule has 4 nitrogen and oxygen atoms in total. The van der Waals surface area contributed by atoms with Gasteiger partial charge in [0.25, 0.3) is 0 Å². The fraction of sp³-hybridized carbons (Fsp3) is 0.286. The molecule has 2 aromatic rings. The van der Waals surface area contributed by atoms with Gasteiger partial charge in [0.2, 0.25) is 10.0 Å². The van der Waals surface area contributed by atoms with Crippen LogP contribution in [-0.2, 0) is 16.6 Å². The zero-order chi connectivity index (χ0) is 14.8. The third-order valence-corrected chi connectivity index (χ3v) is 6.42. The van der Waals surface area contributed by atoms with Crippen molar-refractivity contribution in [3.8, 4) is 0 Å². The molecule has 0 amide bonds. The van der Waals surface area contributed by atoms with E-state index in [1.807, 2.05) is 24.4 Å². The Hall–Kier alpha value is -1.21. The van der Waals surface area contributed by atoms with Gasteiger partial charge >= 0.3 is 0 Å². The van der Waals surface area contributed by atoms with Gasteiger partial charge in [-0.15, -0.1) is 11.3 Å². The van der Waals surface area contributed by atoms with Crippen LogP contribution in [0.3, 0.4) is 0 Å². The fourth-order valence-electron chi connectivity index (χ4n) is 2.00. The Kier molecular flexibility index (Phi) is 4.59. The summed E-state index contributed by atoms with van der Waals surface area (Å²) in [5.74, 6) is 0. The van der Waals surface area contributed by atoms with Crippen molar-refractivity contribution in [1.29, 1.82) is 0 Å². The molecule has 0 spiro atoms. The molecule has 6 heteroatoms. The number of hydrogen-bond acceptors (Lipinski definition) is 4. The maximum atomic E-state index is 12.7. The highest BCUT2D eigenvalue weighted by atomic mass is 32.2. The summed E-state index contributed by atoms with van der Waals surface area (Å²) in [6.45, 7) is 2.09. The van der Waals surface area contributed by atoms with Crippen molar-refractivity contribution in [2.75, 3.05) is 7.05 Å². The summed E-state index contributed by atoms with van der Waals surface area (Å²) in [5, 5.41) is 1.94. The smallest absolute Gasteiger partial charge is 0.243 e. The predicted molar refractivity (Wildman–Crippen MR) is 82.0 cm³/mol. The minimum atomic E-state index is -3.55. The number of nitrogens with two attached hydrogens (primary N) is 1. The van der Waals surface area contributed by atoms with Gasteiger partial charge in [-0.2, -0.15) is 4.31 Å². The van der Waals surface area contributed by atoms with E-state index in [4.69, 9.17) is 5.73 Å². The molecule has 1 atom stereocenters. The summed E-state index contributed by atoms with van der Waals surface area (Å²) in [6, 6.07) is 10.5. The van der Waals surface area contributed by atoms with Crippen molar-refractivity contribution in [2.45, 2.75) is 24.4 Å². The molecule has 20 heavy (non-hydrogen) atoms. The second-order valence-electron chi connectivity index (χ2n) is 4.52. The minimum absolute atomic E-state index is 0.203. The zero-order valence-corrected chi connectivity index (χ0v) is 13.1. The second kappa shape index (κ2) is 6.05. The van der Waals surface area contributed by atoms with Gasteiger partial charge in [-0.05, 0) is 30.0 Å². The first-order valence-corrected chi connectivity index (χ1v) is 8.60. The molecular formula is C14H18N2O2S2. The summed E-state index contributed by atoms with van der Waals surface area (Å²) in [4.78, 5) is 1.30. The lowest BCUT2D eigenvalue weighted by Gasteiger charge is -2.24. The zero-order valence-electron chi connectivity index (χ0n) is 11.5. The van der Waals surface area contributed by atoms with E-state index in [1.54, 1.807) is 42.6 Å². The number of hydrogen-bond donors (Lipinski definition) is 1. The van der Waals surface area contributed by atoms with Crippen molar-refractivity contribution in [3.05, 3.63) is 52.2 Å². The highest BCUT2D eigenvalue weighted by Crippen LogP contribution is 2.29. The molecule has 0 saturated heterocycles. The fourth-order valence-corrected chi connectivity index (χ4v) is 4.46. The van der Waals surface area contributed by atoms with Gasteiger partial charge in [0.05, 0.1) is 10.9 Å². The normalized spacial score (nSPS) is 13.6. The van der Waals surface area contributed by atoms with Gasteiger partial charge in [-0.1, -0.05) is 24.3 Å². The van der Waals surface area contributed by atoms with E-state index >= 15 is 0 Å². The number of thiophene rings is 1. The van der Waals surface area contributed by atoms with Gasteiger partial charge in [0.1, 0.15) is 0 Å². The Labute approximate surface area is 123 Å². The van der Waals surface area contributed by atoms with Crippen LogP contribution in [0, 0.1) is 0 Å². The molecule has 108 valence electrons. The first kappa shape index (κ1) is 15.2. The lowest BCUT2D eigenvalue weighted by molar-refractivity contribution is 0.402. The molecule has 0 saturated carbocycles. The number of nitrogens with zero attached hydrogens (tertiary/aromatic N) is 1. The van der Waals surface area contributed by atoms with E-state index in [0.717, 1.165) is 4.88 Å². The van der Waals surface area contributed by atoms with E-state index < -0.39 is 10.0 Å². The molecule has 2 N–H and O–H groups in total. The summed E-state index contributed by atoms with van der Waals surface area (Å²) < 4.78 is 26.8. The molecule has 0 aliphatic heterocycles. The number of benzene rings is 1. The average Bonchev–Trinajstić information content (AvgIpc) is 2.99. The first-order valence-electron chi connectivity index (χ1n) is 6.28. The molecule has 0 radical (unpaired) electrons. The predicted octanol–water partition coefficient (Wildman–Crippen LogP) is 2.59. The maximum absolute atomic E-state index is 12.7. The topological polar surface area (TPSA) is 63.4 Å². The van der Waals surface area contributed by atoms with Crippen LogP contribution < -0.4 is 5.73 Å². The van der Waals surface area contributed by atoms with Crippen LogP contribution >= 0.6 is 11.3 Å². The third kappa shape index (κ3) is 2.78. The van der Waals surface area contributed by atoms with Crippen LogP contribution in [0.25, 0.3) is 0 Å². The molecule has 0 fully saturated rings. The Morgan fingerprint density at radius 3 is 2.55 bits per heavy atom. The SMILES string of the molecule is CC(c1cccs1)N(C)S(=O)(=O)c1ccccc1CN. The number of rotatable bonds is 5. The first-order chi connectivity index (χ1) is 9.48. The Morgan fingerprint density at radius 2 is 1.95 bits per heavy atom. The average molecular weight is 310 g/mol. The van der Waals surface area contributed by atoms with Crippen molar-refractivity contribution in [3.63, 3.8) is 0 Å². The highest BCUT2D eigenvalue weighted by molar-refractivity contribution is 7.89. The molecule has 0 aliphatic carbocycles. The molecule has 0 aliphatic rings. The molecule has 1 heterocycles. The summed E-state index contributed by atoms with van der Waals surface area (Å²) in [7, 11) is -1.94. The lowest BCUT2D eigenvalue weighted by Crippen LogP contribution is -2.30. The van der Waals surface area contributed by atoms with Crippen molar-refractivity contribution in [2.24, 2.45) is 5.73 Å². The van der Waals surface area contributed by atoms with Gasteiger partial charge in [-0.3, -0.25) is 0 Å². The van der Waals surface area contributed by atoms with E-state index in [-0.39, 0.29) is 17.5 Å². The van der Waals surface area contributed by atoms with E-state index in [0.29, 0.717) is 5.56 Å². The van der Waals surface area contributed by atoms with Crippen LogP contribution in [0.15, 0.2) is 46.7 Å². The quantitative estimate of drug-likeness (QED) is 0.923. The summed E-state index contributed by atoms with van der Waals surface area (Å²) in [6.07, 6.45) is 0. The second-order valence-corrected chi connectivity index (χ2v) is 7.47. The molecule has 1 aromatic carbocycles. The summed E-state index contributed by atoms with van der Waals surface area (Å²) in [5.41, 5.74) is 6.27. The number of sulfonamides is 1. The Balaban J connectivity index is 2.39. The van der Waals surface area contributed by atoms with Crippen LogP contribution in [0.2, 0.25) is 0 Å². The standard InChI is InChI=1S/C14H18N2O2S2/c1-11(13-7-5-9-19-13)16(2)20(17,18)14-8-4-3-6-12(14)10-15/h3-9,11H,10,15H2,1-2H3. The molecule has 0 bridgehead atoms. The van der Waals surface area contributed by atoms with E-state index in [9.17, 15) is 8.42 Å². The van der Waals surface area contributed by atoms with Crippen molar-refractivity contribution >= 4 is 21.4 Å². The Morgan fingerprint density at radius 1 is 1.25 bits per heavy atom. The van der Waals surface area contributed by atoms with Gasteiger partial charge in [-0.25, -0.2) is 8.42 Å². The molecule has 1 aromatic heterocycles. The van der Waals surface area contributed by atoms with E-state index in [2.05, 4.69) is 0 Å². The monoisotopic (exact) mass is 310 g/mol. The lowest BCUT2D eigenvalue weighted by atomic mass is 10.2. The van der Waals surface area contributed by atoms with Crippen LogP contribution in [-0.4, -0.2) is 19.8 Å². The molecule has 2 rings (SSSR count). The summed E-state index contributed by atoms with van der Waals surface area (Å²) >= 11 is 1.55. The van der Waals surface area contributed by atoms with Gasteiger partial charge < -0.3 is 5.73 Å². The largest absolute Gasteiger partial charge is 0.326 e. The molecular weight excluding hydrogens is 292 g/mol. The van der Waals surface area contributed by atoms with Crippen LogP contribution in [0.4, 0.5) is 0 Å². The van der Waals surface area contributed by atoms with Crippen LogP contribution in [0.1, 0.15) is 23.4 Å². The van der Waals surface area contributed by atoms with Gasteiger partial charge in [0.15, 0.2) is 0 Å². The minimum Gasteiger partial charge on any atom is -0.326 e. The van der Waals surface area contributed by atoms with Crippen molar-refractivity contribution < 1.29 is 8.42 Å². The van der Waals surface area contributed by atoms with Crippen LogP contribution in [0.5, 0.6) is 0 Å². The van der Waals surface area contributed by atoms with Gasteiger partial charge in [0, 0.05) is 18.5 Å². The van der Waals surface area contributed by atoms with Crippen molar-refractivity contribution in [1.82, 2.24) is 4.31 Å². The molecule has 1 unspecified atom stereocenters. The maximum Gasteiger partial charge on any atom is 0.243 e. The Bertz CT molecular complexity index is 666.